The lowest BCUT2D eigenvalue weighted by molar-refractivity contribution is 0.345. The molecule has 2 fully saturated rings. The van der Waals surface area contributed by atoms with Crippen molar-refractivity contribution in [3.05, 3.63) is 53.7 Å². The molecule has 2 atom stereocenters. The maximum atomic E-state index is 4.07. The third-order valence-electron chi connectivity index (χ3n) is 7.21. The molecule has 1 aromatic rings. The summed E-state index contributed by atoms with van der Waals surface area (Å²) in [6.07, 6.45) is 21.4. The highest BCUT2D eigenvalue weighted by molar-refractivity contribution is 14.1. The van der Waals surface area contributed by atoms with Gasteiger partial charge in [-0.25, -0.2) is 0 Å². The van der Waals surface area contributed by atoms with Gasteiger partial charge in [0.05, 0.1) is 0 Å². The van der Waals surface area contributed by atoms with E-state index < -0.39 is 0 Å². The van der Waals surface area contributed by atoms with Gasteiger partial charge >= 0.3 is 0 Å². The summed E-state index contributed by atoms with van der Waals surface area (Å²) in [5.41, 5.74) is 4.24. The van der Waals surface area contributed by atoms with Crippen molar-refractivity contribution in [2.45, 2.75) is 93.1 Å². The number of fused-ring (bicyclic) bond motifs is 1. The summed E-state index contributed by atoms with van der Waals surface area (Å²) in [6, 6.07) is 12.1. The van der Waals surface area contributed by atoms with Gasteiger partial charge in [0.2, 0.25) is 0 Å². The van der Waals surface area contributed by atoms with Gasteiger partial charge < -0.3 is 10.6 Å². The number of rotatable bonds is 3. The monoisotopic (exact) mass is 518 g/mol. The van der Waals surface area contributed by atoms with Crippen molar-refractivity contribution in [2.24, 2.45) is 5.92 Å². The SMILES string of the molecule is I[C@H]1CC[C@@H](NC2=CC(c3ccccc3)=CC3NCCCCCCCCCC23)CC1. The number of allylic oxidation sites excluding steroid dienone is 2. The molecule has 30 heavy (non-hydrogen) atoms. The standard InChI is InChI=1S/C27H39IN2/c28-23-14-16-24(17-15-23)30-27-20-22(21-11-7-6-8-12-21)19-26-25(27)13-9-4-2-1-3-5-10-18-29-26/h6-8,11-12,19-20,23-26,29-30H,1-5,9-10,13-18H2/t23-,24+,25?,26?. The van der Waals surface area contributed by atoms with Gasteiger partial charge in [-0.05, 0) is 62.3 Å². The van der Waals surface area contributed by atoms with Crippen LogP contribution in [0.2, 0.25) is 0 Å². The van der Waals surface area contributed by atoms with E-state index in [1.54, 1.807) is 0 Å². The van der Waals surface area contributed by atoms with Crippen LogP contribution in [0.4, 0.5) is 0 Å². The first-order valence-electron chi connectivity index (χ1n) is 12.4. The minimum atomic E-state index is 0.452. The lowest BCUT2D eigenvalue weighted by atomic mass is 9.81. The molecule has 0 spiro atoms. The minimum absolute atomic E-state index is 0.452. The molecule has 1 saturated carbocycles. The van der Waals surface area contributed by atoms with Crippen LogP contribution in [0.1, 0.15) is 82.6 Å². The second-order valence-electron chi connectivity index (χ2n) is 9.53. The van der Waals surface area contributed by atoms with E-state index in [4.69, 9.17) is 0 Å². The molecule has 2 aliphatic carbocycles. The molecule has 0 amide bonds. The zero-order chi connectivity index (χ0) is 20.6. The van der Waals surface area contributed by atoms with Gasteiger partial charge in [-0.2, -0.15) is 0 Å². The normalized spacial score (nSPS) is 31.4. The molecule has 164 valence electrons. The van der Waals surface area contributed by atoms with Crippen molar-refractivity contribution >= 4 is 28.2 Å². The second-order valence-corrected chi connectivity index (χ2v) is 11.3. The first-order valence-corrected chi connectivity index (χ1v) is 13.7. The van der Waals surface area contributed by atoms with E-state index in [2.05, 4.69) is 75.7 Å². The van der Waals surface area contributed by atoms with Crippen LogP contribution in [-0.2, 0) is 0 Å². The van der Waals surface area contributed by atoms with Gasteiger partial charge in [0.25, 0.3) is 0 Å². The van der Waals surface area contributed by atoms with Crippen LogP contribution in [0, 0.1) is 5.92 Å². The molecule has 0 radical (unpaired) electrons. The number of halogens is 1. The van der Waals surface area contributed by atoms with Crippen LogP contribution in [-0.4, -0.2) is 22.6 Å². The van der Waals surface area contributed by atoms with Crippen molar-refractivity contribution in [1.82, 2.24) is 10.6 Å². The molecular weight excluding hydrogens is 479 g/mol. The van der Waals surface area contributed by atoms with Crippen LogP contribution >= 0.6 is 22.6 Å². The molecule has 1 heterocycles. The van der Waals surface area contributed by atoms with Gasteiger partial charge in [-0.3, -0.25) is 0 Å². The van der Waals surface area contributed by atoms with E-state index in [0.29, 0.717) is 18.0 Å². The Hall–Kier alpha value is -0.810. The number of benzene rings is 1. The fourth-order valence-corrected chi connectivity index (χ4v) is 6.11. The molecule has 4 rings (SSSR count). The molecule has 2 nitrogen and oxygen atoms in total. The maximum Gasteiger partial charge on any atom is 0.0342 e. The van der Waals surface area contributed by atoms with E-state index in [0.717, 1.165) is 10.5 Å². The van der Waals surface area contributed by atoms with Gasteiger partial charge in [0.15, 0.2) is 0 Å². The van der Waals surface area contributed by atoms with Crippen molar-refractivity contribution in [1.29, 1.82) is 0 Å². The van der Waals surface area contributed by atoms with Gasteiger partial charge in [-0.1, -0.05) is 97.5 Å². The molecule has 1 saturated heterocycles. The first-order chi connectivity index (χ1) is 14.8. The molecule has 3 aliphatic rings. The summed E-state index contributed by atoms with van der Waals surface area (Å²) in [6.45, 7) is 1.15. The van der Waals surface area contributed by atoms with Crippen molar-refractivity contribution in [3.8, 4) is 0 Å². The fraction of sp³-hybridized carbons (Fsp3) is 0.630. The molecule has 3 heteroatoms. The van der Waals surface area contributed by atoms with Crippen molar-refractivity contribution in [3.63, 3.8) is 0 Å². The summed E-state index contributed by atoms with van der Waals surface area (Å²) in [5.74, 6) is 0.592. The Morgan fingerprint density at radius 3 is 2.27 bits per heavy atom. The fourth-order valence-electron chi connectivity index (χ4n) is 5.40. The van der Waals surface area contributed by atoms with Crippen LogP contribution in [0.3, 0.4) is 0 Å². The Balaban J connectivity index is 1.56. The van der Waals surface area contributed by atoms with Gasteiger partial charge in [-0.15, -0.1) is 0 Å². The van der Waals surface area contributed by atoms with E-state index in [1.165, 1.54) is 93.9 Å². The molecule has 0 bridgehead atoms. The average Bonchev–Trinajstić information content (AvgIpc) is 2.77. The lowest BCUT2D eigenvalue weighted by Crippen LogP contribution is -2.44. The summed E-state index contributed by atoms with van der Waals surface area (Å²) in [5, 5.41) is 8.02. The van der Waals surface area contributed by atoms with Gasteiger partial charge in [0.1, 0.15) is 0 Å². The Morgan fingerprint density at radius 1 is 0.800 bits per heavy atom. The second kappa shape index (κ2) is 11.7. The largest absolute Gasteiger partial charge is 0.385 e. The Bertz CT molecular complexity index is 703. The average molecular weight is 519 g/mol. The third-order valence-corrected chi connectivity index (χ3v) is 8.46. The lowest BCUT2D eigenvalue weighted by Gasteiger charge is -2.37. The molecule has 2 unspecified atom stereocenters. The van der Waals surface area contributed by atoms with Crippen molar-refractivity contribution < 1.29 is 0 Å². The number of nitrogens with one attached hydrogen (secondary N) is 2. The van der Waals surface area contributed by atoms with E-state index in [1.807, 2.05) is 0 Å². The van der Waals surface area contributed by atoms with E-state index >= 15 is 0 Å². The molecular formula is C27H39IN2. The number of hydrogen-bond donors (Lipinski definition) is 2. The Kier molecular flexibility index (Phi) is 8.74. The Labute approximate surface area is 197 Å². The predicted molar refractivity (Wildman–Crippen MR) is 138 cm³/mol. The summed E-state index contributed by atoms with van der Waals surface area (Å²) in [4.78, 5) is 0. The molecule has 1 aliphatic heterocycles. The van der Waals surface area contributed by atoms with E-state index in [9.17, 15) is 0 Å². The van der Waals surface area contributed by atoms with E-state index in [-0.39, 0.29) is 0 Å². The minimum Gasteiger partial charge on any atom is -0.385 e. The highest BCUT2D eigenvalue weighted by Crippen LogP contribution is 2.34. The maximum absolute atomic E-state index is 4.07. The summed E-state index contributed by atoms with van der Waals surface area (Å²) < 4.78 is 0.872. The van der Waals surface area contributed by atoms with Crippen molar-refractivity contribution in [2.75, 3.05) is 6.54 Å². The zero-order valence-corrected chi connectivity index (χ0v) is 20.6. The van der Waals surface area contributed by atoms with Crippen LogP contribution in [0.25, 0.3) is 5.57 Å². The van der Waals surface area contributed by atoms with Crippen LogP contribution in [0.15, 0.2) is 48.2 Å². The van der Waals surface area contributed by atoms with Crippen LogP contribution in [0.5, 0.6) is 0 Å². The Morgan fingerprint density at radius 2 is 1.50 bits per heavy atom. The highest BCUT2D eigenvalue weighted by Gasteiger charge is 2.30. The van der Waals surface area contributed by atoms with Crippen LogP contribution < -0.4 is 10.6 Å². The summed E-state index contributed by atoms with van der Waals surface area (Å²) >= 11 is 2.64. The molecule has 0 aromatic heterocycles. The topological polar surface area (TPSA) is 24.1 Å². The quantitative estimate of drug-likeness (QED) is 0.332. The highest BCUT2D eigenvalue weighted by atomic mass is 127. The zero-order valence-electron chi connectivity index (χ0n) is 18.4. The number of hydrogen-bond acceptors (Lipinski definition) is 2. The first kappa shape index (κ1) is 22.4. The summed E-state index contributed by atoms with van der Waals surface area (Å²) in [7, 11) is 0. The van der Waals surface area contributed by atoms with Gasteiger partial charge in [0, 0.05) is 27.6 Å². The molecule has 2 N–H and O–H groups in total. The predicted octanol–water partition coefficient (Wildman–Crippen LogP) is 7.01. The molecule has 1 aromatic carbocycles. The number of alkyl halides is 1. The third kappa shape index (κ3) is 6.35. The smallest absolute Gasteiger partial charge is 0.0342 e.